The summed E-state index contributed by atoms with van der Waals surface area (Å²) in [7, 11) is -8.47. The van der Waals surface area contributed by atoms with Crippen LogP contribution in [0.4, 0.5) is 11.4 Å². The highest BCUT2D eigenvalue weighted by molar-refractivity contribution is 7.85. The second-order valence-electron chi connectivity index (χ2n) is 6.02. The molecule has 9 nitrogen and oxygen atoms in total. The molecule has 11 heteroatoms. The molecule has 0 saturated carbocycles. The van der Waals surface area contributed by atoms with Crippen molar-refractivity contribution in [2.75, 3.05) is 35.3 Å². The molecule has 0 fully saturated rings. The van der Waals surface area contributed by atoms with Gasteiger partial charge in [-0.2, -0.15) is 8.42 Å². The molecule has 0 radical (unpaired) electrons. The highest BCUT2D eigenvalue weighted by Gasteiger charge is 2.24. The first-order chi connectivity index (χ1) is 12.0. The van der Waals surface area contributed by atoms with E-state index in [-0.39, 0.29) is 5.75 Å². The minimum Gasteiger partial charge on any atom is -0.352 e. The maximum Gasteiger partial charge on any atom is 0.466 e. The lowest BCUT2D eigenvalue weighted by atomic mass is 10.2. The average Bonchev–Trinajstić information content (AvgIpc) is 2.85. The summed E-state index contributed by atoms with van der Waals surface area (Å²) in [6.07, 6.45) is 3.60. The van der Waals surface area contributed by atoms with Gasteiger partial charge in [0, 0.05) is 13.1 Å². The van der Waals surface area contributed by atoms with Crippen LogP contribution in [0.2, 0.25) is 0 Å². The van der Waals surface area contributed by atoms with Crippen molar-refractivity contribution in [3.63, 3.8) is 0 Å². The van der Waals surface area contributed by atoms with Gasteiger partial charge in [0.25, 0.3) is 10.1 Å². The van der Waals surface area contributed by atoms with Gasteiger partial charge >= 0.3 is 7.82 Å². The summed E-state index contributed by atoms with van der Waals surface area (Å²) in [4.78, 5) is 26.2. The minimum absolute atomic E-state index is 0.151. The van der Waals surface area contributed by atoms with Gasteiger partial charge in [-0.3, -0.25) is 4.55 Å². The molecular formula is C15H27N2O7PS. The molecule has 1 aromatic rings. The minimum atomic E-state index is -4.64. The number of para-hydroxylation sites is 2. The first-order valence-corrected chi connectivity index (χ1v) is 11.5. The number of phosphoric acid groups is 1. The molecule has 4 N–H and O–H groups in total. The molecule has 150 valence electrons. The number of anilines is 2. The van der Waals surface area contributed by atoms with Crippen LogP contribution in [0.3, 0.4) is 0 Å². The summed E-state index contributed by atoms with van der Waals surface area (Å²) >= 11 is 0. The molecule has 0 aliphatic carbocycles. The normalized spacial score (nSPS) is 14.0. The Labute approximate surface area is 154 Å². The summed E-state index contributed by atoms with van der Waals surface area (Å²) in [5.41, 5.74) is 2.49. The Morgan fingerprint density at radius 2 is 1.46 bits per heavy atom. The van der Waals surface area contributed by atoms with Crippen molar-refractivity contribution < 1.29 is 32.2 Å². The Kier molecular flexibility index (Phi) is 9.02. The molecule has 0 amide bonds. The lowest BCUT2D eigenvalue weighted by molar-refractivity contribution is 0.275. The lowest BCUT2D eigenvalue weighted by Crippen LogP contribution is -2.32. The van der Waals surface area contributed by atoms with Crippen LogP contribution >= 0.6 is 7.82 Å². The van der Waals surface area contributed by atoms with Crippen molar-refractivity contribution >= 4 is 29.3 Å². The van der Waals surface area contributed by atoms with Crippen LogP contribution in [0.1, 0.15) is 32.6 Å². The number of fused-ring (bicyclic) bond motifs is 1. The molecule has 26 heavy (non-hydrogen) atoms. The van der Waals surface area contributed by atoms with Crippen LogP contribution in [-0.2, 0) is 14.7 Å². The second-order valence-corrected chi connectivity index (χ2v) is 8.62. The summed E-state index contributed by atoms with van der Waals surface area (Å²) in [5.74, 6) is -0.151. The number of hydrogen-bond donors (Lipinski definition) is 4. The largest absolute Gasteiger partial charge is 0.466 e. The third-order valence-corrected chi connectivity index (χ3v) is 4.57. The van der Waals surface area contributed by atoms with Gasteiger partial charge in [-0.05, 0) is 31.4 Å². The Morgan fingerprint density at radius 1 is 1.00 bits per heavy atom. The number of hydrogen-bond acceptors (Lipinski definition) is 5. The Bertz CT molecular complexity index is 699. The Morgan fingerprint density at radius 3 is 1.88 bits per heavy atom. The third-order valence-electron chi connectivity index (χ3n) is 3.77. The molecule has 0 unspecified atom stereocenters. The van der Waals surface area contributed by atoms with E-state index in [1.807, 2.05) is 6.07 Å². The highest BCUT2D eigenvalue weighted by Crippen LogP contribution is 2.35. The third kappa shape index (κ3) is 9.51. The molecule has 1 aromatic carbocycles. The Hall–Kier alpha value is -1.16. The second kappa shape index (κ2) is 10.2. The van der Waals surface area contributed by atoms with Crippen molar-refractivity contribution in [1.29, 1.82) is 0 Å². The van der Waals surface area contributed by atoms with Crippen LogP contribution in [0.5, 0.6) is 0 Å². The SMILES string of the molecule is CCCCN1CN(CCCCS(=O)(=O)O)c2ccccc21.O=P(O)(O)O. The summed E-state index contributed by atoms with van der Waals surface area (Å²) < 4.78 is 39.1. The fraction of sp³-hybridized carbons (Fsp3) is 0.600. The van der Waals surface area contributed by atoms with Crippen LogP contribution < -0.4 is 9.80 Å². The Balaban J connectivity index is 0.000000597. The van der Waals surface area contributed by atoms with Gasteiger partial charge < -0.3 is 24.5 Å². The van der Waals surface area contributed by atoms with E-state index < -0.39 is 17.9 Å². The van der Waals surface area contributed by atoms with Gasteiger partial charge in [0.2, 0.25) is 0 Å². The zero-order valence-corrected chi connectivity index (χ0v) is 16.4. The predicted octanol–water partition coefficient (Wildman–Crippen LogP) is 1.81. The van der Waals surface area contributed by atoms with Crippen LogP contribution in [0.15, 0.2) is 24.3 Å². The maximum absolute atomic E-state index is 10.7. The molecule has 1 aliphatic rings. The fourth-order valence-corrected chi connectivity index (χ4v) is 3.24. The van der Waals surface area contributed by atoms with Gasteiger partial charge in [0.1, 0.15) is 0 Å². The molecule has 0 aromatic heterocycles. The van der Waals surface area contributed by atoms with Crippen molar-refractivity contribution in [3.05, 3.63) is 24.3 Å². The van der Waals surface area contributed by atoms with E-state index in [2.05, 4.69) is 34.9 Å². The van der Waals surface area contributed by atoms with Crippen LogP contribution in [0, 0.1) is 0 Å². The first kappa shape index (κ1) is 22.9. The van der Waals surface area contributed by atoms with Crippen molar-refractivity contribution in [1.82, 2.24) is 0 Å². The monoisotopic (exact) mass is 410 g/mol. The van der Waals surface area contributed by atoms with E-state index in [1.165, 1.54) is 24.2 Å². The highest BCUT2D eigenvalue weighted by atomic mass is 32.2. The van der Waals surface area contributed by atoms with E-state index in [0.29, 0.717) is 6.42 Å². The van der Waals surface area contributed by atoms with E-state index in [0.717, 1.165) is 26.2 Å². The van der Waals surface area contributed by atoms with Crippen molar-refractivity contribution in [2.24, 2.45) is 0 Å². The molecule has 2 rings (SSSR count). The molecule has 0 spiro atoms. The summed E-state index contributed by atoms with van der Waals surface area (Å²) in [6, 6.07) is 8.35. The van der Waals surface area contributed by atoms with Gasteiger partial charge in [0.05, 0.1) is 23.8 Å². The maximum atomic E-state index is 10.7. The molecule has 1 heterocycles. The zero-order valence-electron chi connectivity index (χ0n) is 14.7. The van der Waals surface area contributed by atoms with Crippen molar-refractivity contribution in [2.45, 2.75) is 32.6 Å². The van der Waals surface area contributed by atoms with Crippen molar-refractivity contribution in [3.8, 4) is 0 Å². The van der Waals surface area contributed by atoms with Gasteiger partial charge in [-0.1, -0.05) is 25.5 Å². The zero-order chi connectivity index (χ0) is 19.8. The van der Waals surface area contributed by atoms with E-state index in [4.69, 9.17) is 23.8 Å². The summed E-state index contributed by atoms with van der Waals surface area (Å²) in [5, 5.41) is 0. The number of nitrogens with zero attached hydrogens (tertiary/aromatic N) is 2. The molecule has 1 aliphatic heterocycles. The smallest absolute Gasteiger partial charge is 0.352 e. The number of unbranched alkanes of at least 4 members (excludes halogenated alkanes) is 2. The van der Waals surface area contributed by atoms with E-state index in [9.17, 15) is 8.42 Å². The topological polar surface area (TPSA) is 139 Å². The number of benzene rings is 1. The van der Waals surface area contributed by atoms with Gasteiger partial charge in [0.15, 0.2) is 0 Å². The van der Waals surface area contributed by atoms with Crippen LogP contribution in [-0.4, -0.2) is 53.2 Å². The van der Waals surface area contributed by atoms with Gasteiger partial charge in [-0.25, -0.2) is 4.57 Å². The first-order valence-electron chi connectivity index (χ1n) is 8.33. The number of rotatable bonds is 8. The lowest BCUT2D eigenvalue weighted by Gasteiger charge is -2.21. The molecule has 0 bridgehead atoms. The van der Waals surface area contributed by atoms with E-state index >= 15 is 0 Å². The van der Waals surface area contributed by atoms with E-state index in [1.54, 1.807) is 0 Å². The average molecular weight is 410 g/mol. The molecular weight excluding hydrogens is 383 g/mol. The predicted molar refractivity (Wildman–Crippen MR) is 101 cm³/mol. The molecule has 0 saturated heterocycles. The fourth-order valence-electron chi connectivity index (χ4n) is 2.68. The summed E-state index contributed by atoms with van der Waals surface area (Å²) in [6.45, 7) is 4.92. The van der Waals surface area contributed by atoms with Crippen LogP contribution in [0.25, 0.3) is 0 Å². The molecule has 0 atom stereocenters. The standard InChI is InChI=1S/C15H24N2O3S.H3O4P/c1-2-3-10-16-13-17(11-6-7-12-21(18,19)20)15-9-5-4-8-14(15)16;1-5(2,3)4/h4-5,8-9H,2-3,6-7,10-13H2,1H3,(H,18,19,20);(H3,1,2,3,4). The van der Waals surface area contributed by atoms with Gasteiger partial charge in [-0.15, -0.1) is 0 Å². The quantitative estimate of drug-likeness (QED) is 0.287.